The van der Waals surface area contributed by atoms with E-state index >= 15 is 0 Å². The minimum atomic E-state index is 0. The number of hydrogen-bond acceptors (Lipinski definition) is 0. The molecule has 0 rings (SSSR count). The van der Waals surface area contributed by atoms with E-state index in [9.17, 15) is 0 Å². The first kappa shape index (κ1) is 15.8. The van der Waals surface area contributed by atoms with Crippen molar-refractivity contribution in [3.63, 3.8) is 0 Å². The maximum Gasteiger partial charge on any atom is 0 e. The van der Waals surface area contributed by atoms with Crippen LogP contribution < -0.4 is 0 Å². The minimum absolute atomic E-state index is 0. The van der Waals surface area contributed by atoms with Gasteiger partial charge in [-0.25, -0.2) is 0 Å². The van der Waals surface area contributed by atoms with E-state index in [1.807, 2.05) is 0 Å². The van der Waals surface area contributed by atoms with Gasteiger partial charge in [-0.2, -0.15) is 6.42 Å². The Hall–Kier alpha value is 1.35. The average molecular weight is 264 g/mol. The molecule has 0 nitrogen and oxygen atoms in total. The molecule has 0 aromatic carbocycles. The Balaban J connectivity index is -0.0000000800. The monoisotopic (exact) mass is 263 g/mol. The third-order valence-electron chi connectivity index (χ3n) is 0.604. The predicted molar refractivity (Wildman–Crippen MR) is 40.3 cm³/mol. The van der Waals surface area contributed by atoms with E-state index in [0.29, 0.717) is 0 Å². The first-order valence-corrected chi connectivity index (χ1v) is 2.21. The first-order chi connectivity index (χ1) is 2.41. The molecule has 0 unspecified atom stereocenters. The summed E-state index contributed by atoms with van der Waals surface area (Å²) in [4.78, 5) is 0. The van der Waals surface area contributed by atoms with Crippen LogP contribution in [0.5, 0.6) is 0 Å². The smallest absolute Gasteiger partial charge is 0 e. The van der Waals surface area contributed by atoms with Crippen LogP contribution in [-0.2, 0) is 19.5 Å². The molecular weight excluding hydrogens is 252 g/mol. The topological polar surface area (TPSA) is 0 Å². The molecule has 0 spiro atoms. The molecular formula is C5H12IZn-. The summed E-state index contributed by atoms with van der Waals surface area (Å²) in [6.07, 6.45) is 3.65. The van der Waals surface area contributed by atoms with Crippen molar-refractivity contribution in [1.82, 2.24) is 0 Å². The van der Waals surface area contributed by atoms with Gasteiger partial charge in [0.05, 0.1) is 0 Å². The van der Waals surface area contributed by atoms with Crippen LogP contribution in [0.4, 0.5) is 0 Å². The zero-order chi connectivity index (χ0) is 4.12. The molecule has 0 aliphatic carbocycles. The molecule has 0 heterocycles. The summed E-state index contributed by atoms with van der Waals surface area (Å²) in [5.74, 6) is 0. The normalized spacial score (nSPS) is 6.00. The Kier molecular flexibility index (Phi) is 35.3. The standard InChI is InChI=1S/C5H11.HI.Zn/c1-3-5-4-2;;/h1,3-5H2,2H3;1H;/q-1;;. The summed E-state index contributed by atoms with van der Waals surface area (Å²) in [7, 11) is 0. The summed E-state index contributed by atoms with van der Waals surface area (Å²) in [6.45, 7) is 5.85. The van der Waals surface area contributed by atoms with E-state index in [4.69, 9.17) is 0 Å². The van der Waals surface area contributed by atoms with Gasteiger partial charge in [0.15, 0.2) is 0 Å². The van der Waals surface area contributed by atoms with E-state index in [1.165, 1.54) is 12.8 Å². The van der Waals surface area contributed by atoms with E-state index in [1.54, 1.807) is 0 Å². The fraction of sp³-hybridized carbons (Fsp3) is 0.800. The molecule has 0 aromatic heterocycles. The largest absolute Gasteiger partial charge is 0.343 e. The molecule has 0 atom stereocenters. The van der Waals surface area contributed by atoms with Crippen molar-refractivity contribution in [2.45, 2.75) is 26.2 Å². The summed E-state index contributed by atoms with van der Waals surface area (Å²) in [6, 6.07) is 0. The van der Waals surface area contributed by atoms with Gasteiger partial charge in [0.1, 0.15) is 0 Å². The molecule has 7 heavy (non-hydrogen) atoms. The van der Waals surface area contributed by atoms with Gasteiger partial charge in [-0.05, 0) is 0 Å². The van der Waals surface area contributed by atoms with Gasteiger partial charge in [-0.3, -0.25) is 0 Å². The third-order valence-corrected chi connectivity index (χ3v) is 0.604. The third kappa shape index (κ3) is 18.7. The summed E-state index contributed by atoms with van der Waals surface area (Å²) < 4.78 is 0. The van der Waals surface area contributed by atoms with Gasteiger partial charge < -0.3 is 6.92 Å². The fourth-order valence-electron chi connectivity index (χ4n) is 0.250. The zero-order valence-corrected chi connectivity index (χ0v) is 10.2. The van der Waals surface area contributed by atoms with Crippen molar-refractivity contribution in [2.24, 2.45) is 0 Å². The summed E-state index contributed by atoms with van der Waals surface area (Å²) >= 11 is 0. The van der Waals surface area contributed by atoms with Crippen molar-refractivity contribution in [2.75, 3.05) is 0 Å². The quantitative estimate of drug-likeness (QED) is 0.409. The Morgan fingerprint density at radius 2 is 1.86 bits per heavy atom. The Labute approximate surface area is 76.2 Å². The summed E-state index contributed by atoms with van der Waals surface area (Å²) in [5, 5.41) is 0. The van der Waals surface area contributed by atoms with Crippen molar-refractivity contribution in [1.29, 1.82) is 0 Å². The van der Waals surface area contributed by atoms with Crippen LogP contribution in [0.1, 0.15) is 26.2 Å². The van der Waals surface area contributed by atoms with Gasteiger partial charge >= 0.3 is 0 Å². The summed E-state index contributed by atoms with van der Waals surface area (Å²) in [5.41, 5.74) is 0. The maximum atomic E-state index is 3.68. The van der Waals surface area contributed by atoms with Gasteiger partial charge in [0, 0.05) is 19.5 Å². The Morgan fingerprint density at radius 3 is 1.86 bits per heavy atom. The van der Waals surface area contributed by atoms with Gasteiger partial charge in [-0.1, -0.05) is 19.8 Å². The number of hydrogen-bond donors (Lipinski definition) is 0. The molecule has 0 aromatic rings. The molecule has 0 radical (unpaired) electrons. The van der Waals surface area contributed by atoms with Crippen LogP contribution in [0, 0.1) is 6.92 Å². The second-order valence-electron chi connectivity index (χ2n) is 1.21. The molecule has 2 heteroatoms. The fourth-order valence-corrected chi connectivity index (χ4v) is 0.250. The average Bonchev–Trinajstić information content (AvgIpc) is 1.41. The van der Waals surface area contributed by atoms with Crippen molar-refractivity contribution in [3.8, 4) is 0 Å². The first-order valence-electron chi connectivity index (χ1n) is 2.21. The van der Waals surface area contributed by atoms with E-state index in [2.05, 4.69) is 13.8 Å². The van der Waals surface area contributed by atoms with Crippen LogP contribution in [0.15, 0.2) is 0 Å². The SMILES string of the molecule is I.[CH2-]CCCC.[Zn]. The Morgan fingerprint density at radius 1 is 1.43 bits per heavy atom. The molecule has 0 N–H and O–H groups in total. The molecule has 0 saturated heterocycles. The van der Waals surface area contributed by atoms with Crippen LogP contribution >= 0.6 is 24.0 Å². The molecule has 0 aliphatic rings. The van der Waals surface area contributed by atoms with Crippen LogP contribution in [0.25, 0.3) is 0 Å². The van der Waals surface area contributed by atoms with Crippen LogP contribution in [-0.4, -0.2) is 0 Å². The molecule has 0 bridgehead atoms. The van der Waals surface area contributed by atoms with Gasteiger partial charge in [0.2, 0.25) is 0 Å². The molecule has 0 aliphatic heterocycles. The van der Waals surface area contributed by atoms with E-state index < -0.39 is 0 Å². The van der Waals surface area contributed by atoms with E-state index in [-0.39, 0.29) is 43.5 Å². The second-order valence-corrected chi connectivity index (χ2v) is 1.21. The maximum absolute atomic E-state index is 3.68. The van der Waals surface area contributed by atoms with Crippen molar-refractivity contribution in [3.05, 3.63) is 6.92 Å². The predicted octanol–water partition coefficient (Wildman–Crippen LogP) is 2.63. The van der Waals surface area contributed by atoms with Crippen LogP contribution in [0.2, 0.25) is 0 Å². The van der Waals surface area contributed by atoms with Gasteiger partial charge in [0.25, 0.3) is 0 Å². The van der Waals surface area contributed by atoms with Crippen molar-refractivity contribution >= 4 is 24.0 Å². The Bertz CT molecular complexity index is 15.6. The zero-order valence-electron chi connectivity index (χ0n) is 4.94. The molecule has 42 valence electrons. The number of halogens is 1. The molecule has 0 fully saturated rings. The molecule has 0 saturated carbocycles. The number of unbranched alkanes of at least 4 members (excludes halogenated alkanes) is 2. The molecule has 0 amide bonds. The van der Waals surface area contributed by atoms with Crippen LogP contribution in [0.3, 0.4) is 0 Å². The number of rotatable bonds is 2. The van der Waals surface area contributed by atoms with E-state index in [0.717, 1.165) is 6.42 Å². The van der Waals surface area contributed by atoms with Crippen molar-refractivity contribution < 1.29 is 19.5 Å². The van der Waals surface area contributed by atoms with Gasteiger partial charge in [-0.15, -0.1) is 24.0 Å². The second kappa shape index (κ2) is 15.7. The minimum Gasteiger partial charge on any atom is -0.343 e.